The lowest BCUT2D eigenvalue weighted by molar-refractivity contribution is 0.0342. The van der Waals surface area contributed by atoms with Gasteiger partial charge in [0, 0.05) is 31.4 Å². The second kappa shape index (κ2) is 6.64. The summed E-state index contributed by atoms with van der Waals surface area (Å²) >= 11 is 0. The maximum Gasteiger partial charge on any atom is 0.267 e. The molecule has 1 saturated heterocycles. The van der Waals surface area contributed by atoms with E-state index < -0.39 is 5.91 Å². The number of benzene rings is 1. The van der Waals surface area contributed by atoms with Crippen molar-refractivity contribution in [3.8, 4) is 11.4 Å². The predicted octanol–water partition coefficient (Wildman–Crippen LogP) is 1.07. The number of hydrogen-bond acceptors (Lipinski definition) is 5. The van der Waals surface area contributed by atoms with Crippen molar-refractivity contribution in [3.05, 3.63) is 47.8 Å². The van der Waals surface area contributed by atoms with Crippen LogP contribution < -0.4 is 5.73 Å². The number of carbonyl (C=O) groups is 1. The van der Waals surface area contributed by atoms with E-state index >= 15 is 0 Å². The van der Waals surface area contributed by atoms with Gasteiger partial charge in [-0.1, -0.05) is 18.2 Å². The van der Waals surface area contributed by atoms with Gasteiger partial charge in [0.2, 0.25) is 0 Å². The Morgan fingerprint density at radius 3 is 2.86 bits per heavy atom. The van der Waals surface area contributed by atoms with Crippen LogP contribution in [0.4, 0.5) is 0 Å². The number of nitrogens with zero attached hydrogens (tertiary/aromatic N) is 3. The van der Waals surface area contributed by atoms with Crippen LogP contribution in [0.3, 0.4) is 0 Å². The molecule has 0 spiro atoms. The van der Waals surface area contributed by atoms with Crippen molar-refractivity contribution >= 4 is 5.91 Å². The highest BCUT2D eigenvalue weighted by atomic mass is 16.5. The average Bonchev–Trinajstić information content (AvgIpc) is 2.56. The van der Waals surface area contributed by atoms with Gasteiger partial charge in [0.05, 0.1) is 13.2 Å². The van der Waals surface area contributed by atoms with Gasteiger partial charge in [-0.2, -0.15) is 0 Å². The first kappa shape index (κ1) is 14.6. The topological polar surface area (TPSA) is 81.3 Å². The van der Waals surface area contributed by atoms with Crippen molar-refractivity contribution in [2.45, 2.75) is 6.54 Å². The van der Waals surface area contributed by atoms with Crippen molar-refractivity contribution in [2.24, 2.45) is 5.73 Å². The Bertz CT molecular complexity index is 669. The summed E-state index contributed by atoms with van der Waals surface area (Å²) in [7, 11) is 0. The van der Waals surface area contributed by atoms with Gasteiger partial charge >= 0.3 is 0 Å². The summed E-state index contributed by atoms with van der Waals surface area (Å²) in [4.78, 5) is 22.0. The van der Waals surface area contributed by atoms with Crippen LogP contribution in [0.25, 0.3) is 11.4 Å². The molecule has 1 aliphatic heterocycles. The number of hydrogen-bond donors (Lipinski definition) is 1. The quantitative estimate of drug-likeness (QED) is 0.913. The molecule has 114 valence electrons. The third kappa shape index (κ3) is 3.47. The minimum atomic E-state index is -0.548. The van der Waals surface area contributed by atoms with E-state index in [0.29, 0.717) is 5.82 Å². The Balaban J connectivity index is 1.81. The SMILES string of the molecule is NC(=O)c1ccnc(-c2cccc(CN3CCOCC3)c2)n1. The number of aromatic nitrogens is 2. The van der Waals surface area contributed by atoms with Gasteiger partial charge in [0.15, 0.2) is 5.82 Å². The van der Waals surface area contributed by atoms with Gasteiger partial charge in [0.25, 0.3) is 5.91 Å². The van der Waals surface area contributed by atoms with Crippen LogP contribution in [0, 0.1) is 0 Å². The van der Waals surface area contributed by atoms with E-state index in [2.05, 4.69) is 27.0 Å². The Hall–Kier alpha value is -2.31. The number of morpholine rings is 1. The van der Waals surface area contributed by atoms with Crippen molar-refractivity contribution < 1.29 is 9.53 Å². The molecule has 1 aliphatic rings. The lowest BCUT2D eigenvalue weighted by atomic mass is 10.1. The van der Waals surface area contributed by atoms with E-state index in [1.165, 1.54) is 11.6 Å². The number of primary amides is 1. The van der Waals surface area contributed by atoms with Crippen LogP contribution in [0.1, 0.15) is 16.1 Å². The molecule has 0 unspecified atom stereocenters. The molecule has 22 heavy (non-hydrogen) atoms. The first-order valence-corrected chi connectivity index (χ1v) is 7.24. The number of ether oxygens (including phenoxy) is 1. The third-order valence-corrected chi connectivity index (χ3v) is 3.60. The summed E-state index contributed by atoms with van der Waals surface area (Å²) in [5, 5.41) is 0. The van der Waals surface area contributed by atoms with Gasteiger partial charge in [-0.3, -0.25) is 9.69 Å². The highest BCUT2D eigenvalue weighted by Gasteiger charge is 2.12. The maximum atomic E-state index is 11.2. The first-order valence-electron chi connectivity index (χ1n) is 7.24. The van der Waals surface area contributed by atoms with Crippen LogP contribution >= 0.6 is 0 Å². The van der Waals surface area contributed by atoms with E-state index in [0.717, 1.165) is 38.4 Å². The summed E-state index contributed by atoms with van der Waals surface area (Å²) in [5.74, 6) is -0.0340. The Morgan fingerprint density at radius 2 is 2.09 bits per heavy atom. The number of amides is 1. The van der Waals surface area contributed by atoms with Gasteiger partial charge < -0.3 is 10.5 Å². The number of nitrogens with two attached hydrogens (primary N) is 1. The largest absolute Gasteiger partial charge is 0.379 e. The first-order chi connectivity index (χ1) is 10.7. The van der Waals surface area contributed by atoms with E-state index in [1.54, 1.807) is 6.20 Å². The fourth-order valence-corrected chi connectivity index (χ4v) is 2.46. The normalized spacial score (nSPS) is 15.6. The van der Waals surface area contributed by atoms with Crippen LogP contribution in [0.5, 0.6) is 0 Å². The third-order valence-electron chi connectivity index (χ3n) is 3.60. The molecule has 1 aromatic carbocycles. The summed E-state index contributed by atoms with van der Waals surface area (Å²) in [6.45, 7) is 4.31. The molecule has 3 rings (SSSR count). The second-order valence-electron chi connectivity index (χ2n) is 5.22. The average molecular weight is 298 g/mol. The molecule has 0 radical (unpaired) electrons. The fraction of sp³-hybridized carbons (Fsp3) is 0.312. The van der Waals surface area contributed by atoms with Crippen LogP contribution in [0.15, 0.2) is 36.5 Å². The second-order valence-corrected chi connectivity index (χ2v) is 5.22. The zero-order valence-corrected chi connectivity index (χ0v) is 12.2. The van der Waals surface area contributed by atoms with Crippen molar-refractivity contribution in [1.29, 1.82) is 0 Å². The monoisotopic (exact) mass is 298 g/mol. The maximum absolute atomic E-state index is 11.2. The van der Waals surface area contributed by atoms with Gasteiger partial charge in [-0.05, 0) is 17.7 Å². The summed E-state index contributed by atoms with van der Waals surface area (Å²) in [6.07, 6.45) is 1.55. The standard InChI is InChI=1S/C16H18N4O2/c17-15(21)14-4-5-18-16(19-14)13-3-1-2-12(10-13)11-20-6-8-22-9-7-20/h1-5,10H,6-9,11H2,(H2,17,21). The van der Waals surface area contributed by atoms with E-state index in [9.17, 15) is 4.79 Å². The molecule has 2 heterocycles. The predicted molar refractivity (Wildman–Crippen MR) is 82.1 cm³/mol. The number of carbonyl (C=O) groups excluding carboxylic acids is 1. The molecule has 1 fully saturated rings. The van der Waals surface area contributed by atoms with E-state index in [-0.39, 0.29) is 5.69 Å². The summed E-state index contributed by atoms with van der Waals surface area (Å²) in [5.41, 5.74) is 7.56. The molecule has 0 bridgehead atoms. The fourth-order valence-electron chi connectivity index (χ4n) is 2.46. The molecule has 2 aromatic rings. The minimum Gasteiger partial charge on any atom is -0.379 e. The molecule has 0 saturated carbocycles. The highest BCUT2D eigenvalue weighted by Crippen LogP contribution is 2.18. The molecule has 0 aliphatic carbocycles. The smallest absolute Gasteiger partial charge is 0.267 e. The van der Waals surface area contributed by atoms with Crippen molar-refractivity contribution in [2.75, 3.05) is 26.3 Å². The molecule has 0 atom stereocenters. The molecule has 6 heteroatoms. The molecule has 2 N–H and O–H groups in total. The van der Waals surface area contributed by atoms with E-state index in [1.807, 2.05) is 12.1 Å². The van der Waals surface area contributed by atoms with Crippen LogP contribution in [-0.2, 0) is 11.3 Å². The zero-order valence-electron chi connectivity index (χ0n) is 12.2. The van der Waals surface area contributed by atoms with Crippen molar-refractivity contribution in [3.63, 3.8) is 0 Å². The highest BCUT2D eigenvalue weighted by molar-refractivity contribution is 5.91. The Labute approximate surface area is 128 Å². The summed E-state index contributed by atoms with van der Waals surface area (Å²) in [6, 6.07) is 9.56. The Kier molecular flexibility index (Phi) is 4.41. The van der Waals surface area contributed by atoms with Gasteiger partial charge in [-0.15, -0.1) is 0 Å². The molecule has 1 aromatic heterocycles. The van der Waals surface area contributed by atoms with E-state index in [4.69, 9.17) is 10.5 Å². The minimum absolute atomic E-state index is 0.226. The number of rotatable bonds is 4. The van der Waals surface area contributed by atoms with Crippen LogP contribution in [0.2, 0.25) is 0 Å². The molecule has 6 nitrogen and oxygen atoms in total. The Morgan fingerprint density at radius 1 is 1.27 bits per heavy atom. The summed E-state index contributed by atoms with van der Waals surface area (Å²) < 4.78 is 5.36. The molecular weight excluding hydrogens is 280 g/mol. The lowest BCUT2D eigenvalue weighted by Crippen LogP contribution is -2.35. The van der Waals surface area contributed by atoms with Gasteiger partial charge in [-0.25, -0.2) is 9.97 Å². The zero-order chi connectivity index (χ0) is 15.4. The van der Waals surface area contributed by atoms with Crippen LogP contribution in [-0.4, -0.2) is 47.1 Å². The van der Waals surface area contributed by atoms with Crippen molar-refractivity contribution in [1.82, 2.24) is 14.9 Å². The molecular formula is C16H18N4O2. The lowest BCUT2D eigenvalue weighted by Gasteiger charge is -2.26. The molecule has 1 amide bonds. The van der Waals surface area contributed by atoms with Gasteiger partial charge in [0.1, 0.15) is 5.69 Å².